The van der Waals surface area contributed by atoms with Crippen LogP contribution >= 0.6 is 34.4 Å². The van der Waals surface area contributed by atoms with Crippen molar-refractivity contribution in [2.45, 2.75) is 16.4 Å². The zero-order chi connectivity index (χ0) is 11.9. The summed E-state index contributed by atoms with van der Waals surface area (Å²) in [5.74, 6) is 7.06. The standard InChI is InChI=1S/C13H12OS3/c14-7-2-1-4-11-6-9-15-12(11)10-17-13-5-3-8-16-13/h3,5-6,8-9,14H,2,7,10H2. The van der Waals surface area contributed by atoms with Crippen LogP contribution in [0.25, 0.3) is 0 Å². The van der Waals surface area contributed by atoms with E-state index in [1.165, 1.54) is 9.09 Å². The van der Waals surface area contributed by atoms with Gasteiger partial charge in [0.1, 0.15) is 0 Å². The van der Waals surface area contributed by atoms with Crippen molar-refractivity contribution in [1.29, 1.82) is 0 Å². The van der Waals surface area contributed by atoms with Crippen LogP contribution in [0.2, 0.25) is 0 Å². The van der Waals surface area contributed by atoms with E-state index in [1.54, 1.807) is 22.7 Å². The SMILES string of the molecule is OCCC#Cc1ccsc1CSc1cccs1. The first-order valence-corrected chi connectivity index (χ1v) is 7.97. The van der Waals surface area contributed by atoms with Gasteiger partial charge < -0.3 is 5.11 Å². The highest BCUT2D eigenvalue weighted by Gasteiger charge is 2.03. The van der Waals surface area contributed by atoms with Crippen LogP contribution < -0.4 is 0 Å². The van der Waals surface area contributed by atoms with Gasteiger partial charge in [-0.1, -0.05) is 17.9 Å². The van der Waals surface area contributed by atoms with Crippen LogP contribution in [0.4, 0.5) is 0 Å². The molecule has 0 saturated heterocycles. The molecular formula is C13H12OS3. The van der Waals surface area contributed by atoms with Crippen LogP contribution in [0.3, 0.4) is 0 Å². The molecule has 0 fully saturated rings. The van der Waals surface area contributed by atoms with E-state index in [0.29, 0.717) is 6.42 Å². The van der Waals surface area contributed by atoms with Gasteiger partial charge in [0.2, 0.25) is 0 Å². The molecule has 88 valence electrons. The van der Waals surface area contributed by atoms with Crippen LogP contribution in [0.15, 0.2) is 33.2 Å². The van der Waals surface area contributed by atoms with E-state index >= 15 is 0 Å². The van der Waals surface area contributed by atoms with Gasteiger partial charge in [0.15, 0.2) is 0 Å². The molecule has 0 atom stereocenters. The molecule has 1 N–H and O–H groups in total. The predicted octanol–water partition coefficient (Wildman–Crippen LogP) is 3.84. The number of rotatable bonds is 4. The van der Waals surface area contributed by atoms with Gasteiger partial charge in [-0.2, -0.15) is 0 Å². The number of hydrogen-bond donors (Lipinski definition) is 1. The van der Waals surface area contributed by atoms with Crippen LogP contribution in [0, 0.1) is 11.8 Å². The predicted molar refractivity (Wildman–Crippen MR) is 76.8 cm³/mol. The summed E-state index contributed by atoms with van der Waals surface area (Å²) in [6.45, 7) is 0.135. The summed E-state index contributed by atoms with van der Waals surface area (Å²) in [4.78, 5) is 1.31. The molecule has 0 bridgehead atoms. The Morgan fingerprint density at radius 3 is 2.94 bits per heavy atom. The van der Waals surface area contributed by atoms with Crippen molar-refractivity contribution in [1.82, 2.24) is 0 Å². The van der Waals surface area contributed by atoms with Crippen molar-refractivity contribution in [3.63, 3.8) is 0 Å². The second-order valence-corrected chi connectivity index (χ2v) is 6.48. The van der Waals surface area contributed by atoms with E-state index in [9.17, 15) is 0 Å². The molecule has 0 aliphatic heterocycles. The minimum atomic E-state index is 0.135. The Hall–Kier alpha value is -0.730. The minimum Gasteiger partial charge on any atom is -0.395 e. The molecule has 0 spiro atoms. The lowest BCUT2D eigenvalue weighted by molar-refractivity contribution is 0.305. The molecule has 0 aliphatic rings. The summed E-state index contributed by atoms with van der Waals surface area (Å²) >= 11 is 5.37. The van der Waals surface area contributed by atoms with Crippen LogP contribution in [0.1, 0.15) is 16.9 Å². The molecule has 0 aliphatic carbocycles. The largest absolute Gasteiger partial charge is 0.395 e. The van der Waals surface area contributed by atoms with Gasteiger partial charge in [0.05, 0.1) is 10.8 Å². The van der Waals surface area contributed by atoms with Gasteiger partial charge in [-0.3, -0.25) is 0 Å². The zero-order valence-corrected chi connectivity index (χ0v) is 11.6. The van der Waals surface area contributed by atoms with Crippen molar-refractivity contribution < 1.29 is 5.11 Å². The molecule has 1 nitrogen and oxygen atoms in total. The Morgan fingerprint density at radius 2 is 2.18 bits per heavy atom. The van der Waals surface area contributed by atoms with Crippen molar-refractivity contribution in [3.8, 4) is 11.8 Å². The molecule has 17 heavy (non-hydrogen) atoms. The van der Waals surface area contributed by atoms with Crippen LogP contribution in [-0.4, -0.2) is 11.7 Å². The first kappa shape index (κ1) is 12.7. The first-order chi connectivity index (χ1) is 8.40. The summed E-state index contributed by atoms with van der Waals surface area (Å²) in [5.41, 5.74) is 1.10. The van der Waals surface area contributed by atoms with E-state index in [-0.39, 0.29) is 6.61 Å². The molecule has 0 radical (unpaired) electrons. The number of thiophene rings is 2. The fraction of sp³-hybridized carbons (Fsp3) is 0.231. The molecule has 0 aromatic carbocycles. The molecular weight excluding hydrogens is 268 g/mol. The zero-order valence-electron chi connectivity index (χ0n) is 9.18. The Balaban J connectivity index is 1.97. The van der Waals surface area contributed by atoms with Crippen molar-refractivity contribution >= 4 is 34.4 Å². The third-order valence-electron chi connectivity index (χ3n) is 2.05. The first-order valence-electron chi connectivity index (χ1n) is 5.22. The molecule has 0 amide bonds. The van der Waals surface area contributed by atoms with Crippen LogP contribution in [0.5, 0.6) is 0 Å². The van der Waals surface area contributed by atoms with E-state index in [0.717, 1.165) is 11.3 Å². The lowest BCUT2D eigenvalue weighted by Crippen LogP contribution is -1.80. The number of hydrogen-bond acceptors (Lipinski definition) is 4. The van der Waals surface area contributed by atoms with Crippen LogP contribution in [-0.2, 0) is 5.75 Å². The highest BCUT2D eigenvalue weighted by molar-refractivity contribution is 8.00. The average Bonchev–Trinajstić information content (AvgIpc) is 2.97. The summed E-state index contributed by atoms with van der Waals surface area (Å²) in [6.07, 6.45) is 0.549. The number of thioether (sulfide) groups is 1. The molecule has 2 rings (SSSR count). The molecule has 4 heteroatoms. The van der Waals surface area contributed by atoms with Gasteiger partial charge in [0.25, 0.3) is 0 Å². The number of aliphatic hydroxyl groups excluding tert-OH is 1. The maximum Gasteiger partial charge on any atom is 0.0602 e. The molecule has 2 aromatic heterocycles. The van der Waals surface area contributed by atoms with Crippen molar-refractivity contribution in [2.75, 3.05) is 6.61 Å². The highest BCUT2D eigenvalue weighted by atomic mass is 32.2. The smallest absolute Gasteiger partial charge is 0.0602 e. The van der Waals surface area contributed by atoms with Gasteiger partial charge in [0, 0.05) is 22.6 Å². The van der Waals surface area contributed by atoms with E-state index in [2.05, 4.69) is 40.8 Å². The fourth-order valence-electron chi connectivity index (χ4n) is 1.26. The third kappa shape index (κ3) is 3.90. The second-order valence-electron chi connectivity index (χ2n) is 3.25. The monoisotopic (exact) mass is 280 g/mol. The normalized spacial score (nSPS) is 9.94. The van der Waals surface area contributed by atoms with Gasteiger partial charge in [-0.15, -0.1) is 34.4 Å². The average molecular weight is 280 g/mol. The van der Waals surface area contributed by atoms with Crippen molar-refractivity contribution in [2.24, 2.45) is 0 Å². The quantitative estimate of drug-likeness (QED) is 0.678. The Bertz CT molecular complexity index is 502. The summed E-state index contributed by atoms with van der Waals surface area (Å²) in [5, 5.41) is 12.9. The number of aliphatic hydroxyl groups is 1. The second kappa shape index (κ2) is 6.87. The summed E-state index contributed by atoms with van der Waals surface area (Å²) < 4.78 is 1.34. The molecule has 2 aromatic rings. The molecule has 2 heterocycles. The third-order valence-corrected chi connectivity index (χ3v) is 5.31. The highest BCUT2D eigenvalue weighted by Crippen LogP contribution is 2.30. The molecule has 0 unspecified atom stereocenters. The van der Waals surface area contributed by atoms with Gasteiger partial charge in [-0.25, -0.2) is 0 Å². The fourth-order valence-corrected chi connectivity index (χ4v) is 3.99. The molecule has 0 saturated carbocycles. The lowest BCUT2D eigenvalue weighted by atomic mass is 10.2. The summed E-state index contributed by atoms with van der Waals surface area (Å²) in [6, 6.07) is 6.27. The Morgan fingerprint density at radius 1 is 1.24 bits per heavy atom. The Kier molecular flexibility index (Phi) is 5.14. The van der Waals surface area contributed by atoms with Gasteiger partial charge in [-0.05, 0) is 22.9 Å². The maximum atomic E-state index is 8.69. The Labute approximate surface area is 114 Å². The van der Waals surface area contributed by atoms with E-state index in [1.807, 2.05) is 11.8 Å². The summed E-state index contributed by atoms with van der Waals surface area (Å²) in [7, 11) is 0. The van der Waals surface area contributed by atoms with E-state index < -0.39 is 0 Å². The lowest BCUT2D eigenvalue weighted by Gasteiger charge is -1.96. The maximum absolute atomic E-state index is 8.69. The topological polar surface area (TPSA) is 20.2 Å². The minimum absolute atomic E-state index is 0.135. The van der Waals surface area contributed by atoms with E-state index in [4.69, 9.17) is 5.11 Å². The van der Waals surface area contributed by atoms with Gasteiger partial charge >= 0.3 is 0 Å². The van der Waals surface area contributed by atoms with Crippen molar-refractivity contribution in [3.05, 3.63) is 39.4 Å².